The molecule has 0 unspecified atom stereocenters. The van der Waals surface area contributed by atoms with E-state index < -0.39 is 5.97 Å². The third-order valence-corrected chi connectivity index (χ3v) is 7.39. The molecule has 0 fully saturated rings. The van der Waals surface area contributed by atoms with Gasteiger partial charge in [-0.05, 0) is 31.4 Å². The number of pyridine rings is 1. The van der Waals surface area contributed by atoms with Gasteiger partial charge in [0.2, 0.25) is 12.0 Å². The van der Waals surface area contributed by atoms with Gasteiger partial charge in [-0.3, -0.25) is 14.4 Å². The van der Waals surface area contributed by atoms with Crippen LogP contribution >= 0.6 is 11.6 Å². The Balaban J connectivity index is 0.000000362. The minimum absolute atomic E-state index is 0.0767. The molecule has 0 atom stereocenters. The molecule has 9 heteroatoms. The average Bonchev–Trinajstić information content (AvgIpc) is 2.99. The average molecular weight is 607 g/mol. The van der Waals surface area contributed by atoms with E-state index in [4.69, 9.17) is 21.6 Å². The maximum Gasteiger partial charge on any atom is 0.308 e. The largest absolute Gasteiger partial charge is 0.422 e. The van der Waals surface area contributed by atoms with Crippen molar-refractivity contribution in [1.82, 2.24) is 9.88 Å². The highest BCUT2D eigenvalue weighted by Crippen LogP contribution is 2.30. The Morgan fingerprint density at radius 1 is 0.930 bits per heavy atom. The number of ketones is 2. The second kappa shape index (κ2) is 19.4. The van der Waals surface area contributed by atoms with Crippen molar-refractivity contribution in [3.63, 3.8) is 0 Å². The Kier molecular flexibility index (Phi) is 15.9. The van der Waals surface area contributed by atoms with E-state index in [1.807, 2.05) is 18.0 Å². The highest BCUT2D eigenvalue weighted by molar-refractivity contribution is 6.29. The quantitative estimate of drug-likeness (QED) is 0.0531. The topological polar surface area (TPSA) is 113 Å². The van der Waals surface area contributed by atoms with E-state index >= 15 is 0 Å². The number of nitriles is 1. The number of fused-ring (bicyclic) bond motifs is 1. The number of hydrogen-bond acceptors (Lipinski definition) is 7. The fourth-order valence-electron chi connectivity index (χ4n) is 4.72. The number of ether oxygens (including phenoxy) is 1. The Bertz CT molecular complexity index is 1330. The summed E-state index contributed by atoms with van der Waals surface area (Å²) in [6.45, 7) is 5.92. The number of Topliss-reactive ketones (excluding diaryl/α,β-unsaturated/α-hetero) is 2. The standard InChI is InChI=1S/C24H32O4.C10H11ClN4/c1-3-4-5-6-7-8-9-10-11-12-17-21-22(26)19-15-13-14-16-20(19)23(27)24(21)28-18(2)25;1-8(14-7-12)15(2)6-9-3-4-10(11)13-5-9/h13-16H,3-12,17H2,1-2H3;3-5H,6H2,1-2H3/b;14-8+. The van der Waals surface area contributed by atoms with E-state index in [-0.39, 0.29) is 17.3 Å². The van der Waals surface area contributed by atoms with E-state index in [2.05, 4.69) is 16.9 Å². The van der Waals surface area contributed by atoms with Gasteiger partial charge in [0.1, 0.15) is 11.0 Å². The molecule has 0 aliphatic heterocycles. The third kappa shape index (κ3) is 12.1. The molecule has 3 rings (SSSR count). The van der Waals surface area contributed by atoms with Crippen LogP contribution in [0.3, 0.4) is 0 Å². The van der Waals surface area contributed by atoms with Crippen molar-refractivity contribution < 1.29 is 19.1 Å². The lowest BCUT2D eigenvalue weighted by Gasteiger charge is -2.20. The van der Waals surface area contributed by atoms with Crippen molar-refractivity contribution in [2.45, 2.75) is 97.9 Å². The highest BCUT2D eigenvalue weighted by atomic mass is 35.5. The van der Waals surface area contributed by atoms with Gasteiger partial charge >= 0.3 is 5.97 Å². The fourth-order valence-corrected chi connectivity index (χ4v) is 4.83. The minimum Gasteiger partial charge on any atom is -0.422 e. The molecule has 8 nitrogen and oxygen atoms in total. The second-order valence-corrected chi connectivity index (χ2v) is 11.0. The predicted octanol–water partition coefficient (Wildman–Crippen LogP) is 8.26. The number of hydrogen-bond donors (Lipinski definition) is 0. The molecule has 1 aromatic heterocycles. The number of rotatable bonds is 14. The number of allylic oxidation sites excluding steroid dienone is 2. The number of amidine groups is 1. The molecule has 0 spiro atoms. The van der Waals surface area contributed by atoms with Crippen molar-refractivity contribution >= 4 is 35.0 Å². The van der Waals surface area contributed by atoms with Crippen LogP contribution in [-0.2, 0) is 16.1 Å². The van der Waals surface area contributed by atoms with Crippen molar-refractivity contribution in [3.8, 4) is 6.19 Å². The first-order valence-electron chi connectivity index (χ1n) is 15.0. The molecule has 0 saturated heterocycles. The molecule has 0 amide bonds. The van der Waals surface area contributed by atoms with Crippen LogP contribution in [0.15, 0.2) is 58.9 Å². The zero-order valence-electron chi connectivity index (χ0n) is 25.8. The van der Waals surface area contributed by atoms with Gasteiger partial charge in [0, 0.05) is 43.4 Å². The summed E-state index contributed by atoms with van der Waals surface area (Å²) in [6, 6.07) is 10.4. The SMILES string of the molecule is C/C(=N\C#N)N(C)Cc1ccc(Cl)nc1.CCCCCCCCCCCCC1=C(OC(C)=O)C(=O)c2ccccc2C1=O. The van der Waals surface area contributed by atoms with E-state index in [1.54, 1.807) is 49.6 Å². The van der Waals surface area contributed by atoms with Gasteiger partial charge in [0.15, 0.2) is 11.5 Å². The Morgan fingerprint density at radius 2 is 1.51 bits per heavy atom. The Hall–Kier alpha value is -3.83. The van der Waals surface area contributed by atoms with Crippen LogP contribution in [0.25, 0.3) is 0 Å². The van der Waals surface area contributed by atoms with Crippen LogP contribution in [0, 0.1) is 11.5 Å². The van der Waals surface area contributed by atoms with Crippen LogP contribution < -0.4 is 0 Å². The molecule has 0 radical (unpaired) electrons. The molecule has 1 aliphatic rings. The van der Waals surface area contributed by atoms with Gasteiger partial charge in [0.25, 0.3) is 0 Å². The smallest absolute Gasteiger partial charge is 0.308 e. The number of aromatic nitrogens is 1. The monoisotopic (exact) mass is 606 g/mol. The number of carbonyl (C=O) groups is 3. The molecule has 0 N–H and O–H groups in total. The molecule has 230 valence electrons. The van der Waals surface area contributed by atoms with Crippen molar-refractivity contribution in [2.24, 2.45) is 4.99 Å². The van der Waals surface area contributed by atoms with E-state index in [0.29, 0.717) is 40.7 Å². The molecular weight excluding hydrogens is 564 g/mol. The lowest BCUT2D eigenvalue weighted by molar-refractivity contribution is -0.136. The second-order valence-electron chi connectivity index (χ2n) is 10.6. The number of halogens is 1. The van der Waals surface area contributed by atoms with Crippen molar-refractivity contribution in [2.75, 3.05) is 7.05 Å². The maximum absolute atomic E-state index is 12.8. The van der Waals surface area contributed by atoms with Crippen molar-refractivity contribution in [1.29, 1.82) is 5.26 Å². The van der Waals surface area contributed by atoms with Gasteiger partial charge in [-0.2, -0.15) is 10.3 Å². The maximum atomic E-state index is 12.8. The Labute approximate surface area is 260 Å². The minimum atomic E-state index is -0.573. The van der Waals surface area contributed by atoms with Gasteiger partial charge in [-0.1, -0.05) is 107 Å². The van der Waals surface area contributed by atoms with Crippen LogP contribution in [0.1, 0.15) is 118 Å². The molecule has 1 aliphatic carbocycles. The zero-order valence-corrected chi connectivity index (χ0v) is 26.6. The van der Waals surface area contributed by atoms with E-state index in [9.17, 15) is 14.4 Å². The number of aliphatic imine (C=N–C) groups is 1. The van der Waals surface area contributed by atoms with Gasteiger partial charge in [0.05, 0.1) is 0 Å². The van der Waals surface area contributed by atoms with Gasteiger partial charge in [-0.15, -0.1) is 0 Å². The van der Waals surface area contributed by atoms with Crippen molar-refractivity contribution in [3.05, 3.63) is 75.8 Å². The number of carbonyl (C=O) groups excluding carboxylic acids is 3. The molecule has 2 aromatic rings. The molecule has 43 heavy (non-hydrogen) atoms. The third-order valence-electron chi connectivity index (χ3n) is 7.17. The normalized spacial score (nSPS) is 12.7. The molecule has 0 saturated carbocycles. The van der Waals surface area contributed by atoms with Crippen LogP contribution in [0.2, 0.25) is 5.15 Å². The summed E-state index contributed by atoms with van der Waals surface area (Å²) in [5.41, 5.74) is 2.09. The first-order chi connectivity index (χ1) is 20.7. The predicted molar refractivity (Wildman–Crippen MR) is 170 cm³/mol. The lowest BCUT2D eigenvalue weighted by atomic mass is 9.86. The summed E-state index contributed by atoms with van der Waals surface area (Å²) in [4.78, 5) is 46.5. The molecular formula is C34H43ClN4O4. The van der Waals surface area contributed by atoms with E-state index in [1.165, 1.54) is 51.9 Å². The molecule has 0 bridgehead atoms. The molecule has 1 heterocycles. The number of benzene rings is 1. The van der Waals surface area contributed by atoms with Gasteiger partial charge < -0.3 is 9.64 Å². The first kappa shape index (κ1) is 35.4. The van der Waals surface area contributed by atoms with Crippen LogP contribution in [0.5, 0.6) is 0 Å². The lowest BCUT2D eigenvalue weighted by Crippen LogP contribution is -2.24. The number of unbranched alkanes of at least 4 members (excludes halogenated alkanes) is 9. The summed E-state index contributed by atoms with van der Waals surface area (Å²) >= 11 is 5.67. The fraction of sp³-hybridized carbons (Fsp3) is 0.471. The van der Waals surface area contributed by atoms with Gasteiger partial charge in [-0.25, -0.2) is 4.98 Å². The summed E-state index contributed by atoms with van der Waals surface area (Å²) in [6.07, 6.45) is 15.9. The van der Waals surface area contributed by atoms with Crippen LogP contribution in [0.4, 0.5) is 0 Å². The summed E-state index contributed by atoms with van der Waals surface area (Å²) in [5.74, 6) is -0.537. The van der Waals surface area contributed by atoms with Crippen LogP contribution in [-0.4, -0.2) is 40.3 Å². The first-order valence-corrected chi connectivity index (χ1v) is 15.4. The summed E-state index contributed by atoms with van der Waals surface area (Å²) in [7, 11) is 1.87. The summed E-state index contributed by atoms with van der Waals surface area (Å²) < 4.78 is 5.16. The number of esters is 1. The summed E-state index contributed by atoms with van der Waals surface area (Å²) in [5, 5.41) is 8.87. The highest BCUT2D eigenvalue weighted by Gasteiger charge is 2.33. The zero-order chi connectivity index (χ0) is 31.6. The molecule has 1 aromatic carbocycles. The van der Waals surface area contributed by atoms with E-state index in [0.717, 1.165) is 24.8 Å². The Morgan fingerprint density at radius 3 is 2.05 bits per heavy atom. The number of nitrogens with zero attached hydrogens (tertiary/aromatic N) is 4.